The molecule has 0 aliphatic rings. The predicted molar refractivity (Wildman–Crippen MR) is 54.4 cm³/mol. The number of rotatable bonds is 3. The highest BCUT2D eigenvalue weighted by atomic mass is 32.1. The summed E-state index contributed by atoms with van der Waals surface area (Å²) in [6.45, 7) is 1.19. The van der Waals surface area contributed by atoms with Crippen LogP contribution in [-0.2, 0) is 9.59 Å². The minimum Gasteiger partial charge on any atom is -0.376 e. The SMILES string of the molecule is CC(=O)C(O)C(=O)N(C)c1cccs1. The third-order valence-electron chi connectivity index (χ3n) is 1.79. The summed E-state index contributed by atoms with van der Waals surface area (Å²) >= 11 is 1.37. The van der Waals surface area contributed by atoms with Gasteiger partial charge in [0, 0.05) is 7.05 Å². The molecular weight excluding hydrogens is 202 g/mol. The van der Waals surface area contributed by atoms with Crippen molar-refractivity contribution in [2.45, 2.75) is 13.0 Å². The van der Waals surface area contributed by atoms with Gasteiger partial charge in [-0.25, -0.2) is 0 Å². The van der Waals surface area contributed by atoms with Gasteiger partial charge in [0.15, 0.2) is 11.9 Å². The third-order valence-corrected chi connectivity index (χ3v) is 2.73. The molecule has 1 N–H and O–H groups in total. The molecule has 0 aliphatic carbocycles. The molecule has 0 aliphatic heterocycles. The number of amides is 1. The molecule has 0 aromatic carbocycles. The van der Waals surface area contributed by atoms with E-state index in [-0.39, 0.29) is 0 Å². The quantitative estimate of drug-likeness (QED) is 0.750. The molecule has 1 aromatic rings. The molecule has 0 saturated carbocycles. The van der Waals surface area contributed by atoms with Crippen LogP contribution in [0.3, 0.4) is 0 Å². The Morgan fingerprint density at radius 1 is 1.57 bits per heavy atom. The molecule has 0 saturated heterocycles. The molecule has 1 aromatic heterocycles. The van der Waals surface area contributed by atoms with Gasteiger partial charge in [0.25, 0.3) is 5.91 Å². The van der Waals surface area contributed by atoms with E-state index in [1.807, 2.05) is 5.38 Å². The summed E-state index contributed by atoms with van der Waals surface area (Å²) in [6, 6.07) is 3.54. The number of ketones is 1. The second-order valence-electron chi connectivity index (χ2n) is 2.86. The van der Waals surface area contributed by atoms with E-state index in [2.05, 4.69) is 0 Å². The Balaban J connectivity index is 2.76. The third kappa shape index (κ3) is 2.18. The van der Waals surface area contributed by atoms with E-state index in [9.17, 15) is 14.7 Å². The fraction of sp³-hybridized carbons (Fsp3) is 0.333. The highest BCUT2D eigenvalue weighted by Gasteiger charge is 2.24. The van der Waals surface area contributed by atoms with E-state index >= 15 is 0 Å². The Morgan fingerprint density at radius 3 is 2.64 bits per heavy atom. The lowest BCUT2D eigenvalue weighted by Gasteiger charge is -2.17. The van der Waals surface area contributed by atoms with Crippen molar-refractivity contribution in [3.63, 3.8) is 0 Å². The van der Waals surface area contributed by atoms with Crippen molar-refractivity contribution in [1.82, 2.24) is 0 Å². The number of aliphatic hydroxyl groups is 1. The molecule has 1 atom stereocenters. The molecule has 5 heteroatoms. The van der Waals surface area contributed by atoms with Gasteiger partial charge in [-0.3, -0.25) is 9.59 Å². The molecule has 4 nitrogen and oxygen atoms in total. The first-order valence-electron chi connectivity index (χ1n) is 4.03. The van der Waals surface area contributed by atoms with E-state index in [1.165, 1.54) is 30.2 Å². The lowest BCUT2D eigenvalue weighted by atomic mass is 10.2. The van der Waals surface area contributed by atoms with Crippen molar-refractivity contribution < 1.29 is 14.7 Å². The van der Waals surface area contributed by atoms with Gasteiger partial charge >= 0.3 is 0 Å². The molecule has 1 unspecified atom stereocenters. The van der Waals surface area contributed by atoms with Crippen LogP contribution < -0.4 is 4.90 Å². The number of Topliss-reactive ketones (excluding diaryl/α,β-unsaturated/α-hetero) is 1. The number of likely N-dealkylation sites (N-methyl/N-ethyl adjacent to an activating group) is 1. The number of thiophene rings is 1. The lowest BCUT2D eigenvalue weighted by molar-refractivity contribution is -0.136. The molecule has 0 fully saturated rings. The lowest BCUT2D eigenvalue weighted by Crippen LogP contribution is -2.39. The Bertz CT molecular complexity index is 334. The summed E-state index contributed by atoms with van der Waals surface area (Å²) in [6.07, 6.45) is -1.55. The smallest absolute Gasteiger partial charge is 0.263 e. The van der Waals surface area contributed by atoms with Gasteiger partial charge in [-0.2, -0.15) is 0 Å². The van der Waals surface area contributed by atoms with Crippen molar-refractivity contribution in [2.24, 2.45) is 0 Å². The molecular formula is C9H11NO3S. The summed E-state index contributed by atoms with van der Waals surface area (Å²) in [5.41, 5.74) is 0. The molecule has 1 rings (SSSR count). The van der Waals surface area contributed by atoms with E-state index in [4.69, 9.17) is 0 Å². The first kappa shape index (κ1) is 10.9. The van der Waals surface area contributed by atoms with Crippen LogP contribution in [0.4, 0.5) is 5.00 Å². The van der Waals surface area contributed by atoms with Crippen LogP contribution in [0.15, 0.2) is 17.5 Å². The number of hydrogen-bond acceptors (Lipinski definition) is 4. The Kier molecular flexibility index (Phi) is 3.38. The van der Waals surface area contributed by atoms with E-state index in [0.29, 0.717) is 5.00 Å². The van der Waals surface area contributed by atoms with Gasteiger partial charge in [-0.05, 0) is 24.4 Å². The van der Waals surface area contributed by atoms with Gasteiger partial charge in [0.1, 0.15) is 0 Å². The summed E-state index contributed by atoms with van der Waals surface area (Å²) in [4.78, 5) is 23.5. The second kappa shape index (κ2) is 4.34. The zero-order valence-corrected chi connectivity index (χ0v) is 8.75. The van der Waals surface area contributed by atoms with Crippen LogP contribution in [0.25, 0.3) is 0 Å². The zero-order chi connectivity index (χ0) is 10.7. The van der Waals surface area contributed by atoms with Crippen LogP contribution in [-0.4, -0.2) is 29.9 Å². The summed E-state index contributed by atoms with van der Waals surface area (Å²) in [7, 11) is 1.53. The number of aliphatic hydroxyl groups excluding tert-OH is 1. The first-order valence-corrected chi connectivity index (χ1v) is 4.91. The molecule has 1 amide bonds. The molecule has 76 valence electrons. The standard InChI is InChI=1S/C9H11NO3S/c1-6(11)8(12)9(13)10(2)7-4-3-5-14-7/h3-5,8,12H,1-2H3. The van der Waals surface area contributed by atoms with Gasteiger partial charge in [-0.1, -0.05) is 0 Å². The number of anilines is 1. The number of carbonyl (C=O) groups excluding carboxylic acids is 2. The van der Waals surface area contributed by atoms with Gasteiger partial charge in [0.2, 0.25) is 0 Å². The van der Waals surface area contributed by atoms with Gasteiger partial charge < -0.3 is 10.0 Å². The van der Waals surface area contributed by atoms with Crippen molar-refractivity contribution >= 4 is 28.0 Å². The number of hydrogen-bond donors (Lipinski definition) is 1. The summed E-state index contributed by atoms with van der Waals surface area (Å²) < 4.78 is 0. The van der Waals surface area contributed by atoms with E-state index < -0.39 is 17.8 Å². The van der Waals surface area contributed by atoms with Crippen molar-refractivity contribution in [3.05, 3.63) is 17.5 Å². The summed E-state index contributed by atoms with van der Waals surface area (Å²) in [5.74, 6) is -1.14. The molecule has 14 heavy (non-hydrogen) atoms. The Hall–Kier alpha value is -1.20. The van der Waals surface area contributed by atoms with Gasteiger partial charge in [0.05, 0.1) is 5.00 Å². The minimum atomic E-state index is -1.55. The van der Waals surface area contributed by atoms with Crippen molar-refractivity contribution in [3.8, 4) is 0 Å². The first-order chi connectivity index (χ1) is 6.54. The average Bonchev–Trinajstić information content (AvgIpc) is 2.67. The fourth-order valence-electron chi connectivity index (χ4n) is 0.927. The van der Waals surface area contributed by atoms with E-state index in [1.54, 1.807) is 12.1 Å². The highest BCUT2D eigenvalue weighted by Crippen LogP contribution is 2.20. The molecule has 0 bridgehead atoms. The monoisotopic (exact) mass is 213 g/mol. The van der Waals surface area contributed by atoms with Crippen molar-refractivity contribution in [2.75, 3.05) is 11.9 Å². The second-order valence-corrected chi connectivity index (χ2v) is 3.79. The van der Waals surface area contributed by atoms with Crippen LogP contribution in [0.5, 0.6) is 0 Å². The highest BCUT2D eigenvalue weighted by molar-refractivity contribution is 7.14. The maximum atomic E-state index is 11.4. The Labute approximate surface area is 85.8 Å². The molecule has 1 heterocycles. The number of nitrogens with zero attached hydrogens (tertiary/aromatic N) is 1. The van der Waals surface area contributed by atoms with Crippen LogP contribution in [0.2, 0.25) is 0 Å². The topological polar surface area (TPSA) is 57.6 Å². The predicted octanol–water partition coefficient (Wildman–Crippen LogP) is 0.661. The van der Waals surface area contributed by atoms with Crippen LogP contribution in [0.1, 0.15) is 6.92 Å². The van der Waals surface area contributed by atoms with Crippen LogP contribution >= 0.6 is 11.3 Å². The summed E-state index contributed by atoms with van der Waals surface area (Å²) in [5, 5.41) is 11.8. The Morgan fingerprint density at radius 2 is 2.21 bits per heavy atom. The van der Waals surface area contributed by atoms with Crippen LogP contribution in [0, 0.1) is 0 Å². The maximum absolute atomic E-state index is 11.4. The fourth-order valence-corrected chi connectivity index (χ4v) is 1.63. The largest absolute Gasteiger partial charge is 0.376 e. The average molecular weight is 213 g/mol. The van der Waals surface area contributed by atoms with E-state index in [0.717, 1.165) is 0 Å². The normalized spacial score (nSPS) is 12.2. The molecule has 0 radical (unpaired) electrons. The minimum absolute atomic E-state index is 0.543. The maximum Gasteiger partial charge on any atom is 0.263 e. The molecule has 0 spiro atoms. The number of carbonyl (C=O) groups is 2. The van der Waals surface area contributed by atoms with Gasteiger partial charge in [-0.15, -0.1) is 11.3 Å². The van der Waals surface area contributed by atoms with Crippen molar-refractivity contribution in [1.29, 1.82) is 0 Å². The zero-order valence-electron chi connectivity index (χ0n) is 7.93.